The standard InChI is InChI=1S/C10H16N4OS/c1-6(9(15)11-8-4-5-8)16-10-13-12-7(2)14(10)3/h6,8H,4-5H2,1-3H3,(H,11,15)/t6-/m1/s1. The number of aromatic nitrogens is 3. The number of thioether (sulfide) groups is 1. The average Bonchev–Trinajstić information content (AvgIpc) is 3.00. The summed E-state index contributed by atoms with van der Waals surface area (Å²) in [5.41, 5.74) is 0. The maximum Gasteiger partial charge on any atom is 0.233 e. The van der Waals surface area contributed by atoms with Crippen molar-refractivity contribution in [2.45, 2.75) is 43.1 Å². The van der Waals surface area contributed by atoms with E-state index in [9.17, 15) is 4.79 Å². The van der Waals surface area contributed by atoms with Gasteiger partial charge in [0.2, 0.25) is 5.91 Å². The molecule has 1 fully saturated rings. The Morgan fingerprint density at radius 1 is 1.56 bits per heavy atom. The topological polar surface area (TPSA) is 59.8 Å². The molecule has 0 spiro atoms. The number of carbonyl (C=O) groups excluding carboxylic acids is 1. The molecule has 1 N–H and O–H groups in total. The van der Waals surface area contributed by atoms with E-state index in [0.717, 1.165) is 23.8 Å². The Labute approximate surface area is 99.0 Å². The fourth-order valence-corrected chi connectivity index (χ4v) is 2.12. The molecule has 6 heteroatoms. The Kier molecular flexibility index (Phi) is 3.18. The van der Waals surface area contributed by atoms with Crippen LogP contribution in [-0.4, -0.2) is 32.0 Å². The minimum atomic E-state index is -0.122. The van der Waals surface area contributed by atoms with E-state index < -0.39 is 0 Å². The van der Waals surface area contributed by atoms with Crippen LogP contribution < -0.4 is 5.32 Å². The molecule has 0 aromatic carbocycles. The van der Waals surface area contributed by atoms with Gasteiger partial charge in [0, 0.05) is 13.1 Å². The van der Waals surface area contributed by atoms with E-state index in [2.05, 4.69) is 15.5 Å². The number of hydrogen-bond acceptors (Lipinski definition) is 4. The monoisotopic (exact) mass is 240 g/mol. The van der Waals surface area contributed by atoms with Crippen molar-refractivity contribution in [3.63, 3.8) is 0 Å². The summed E-state index contributed by atoms with van der Waals surface area (Å²) < 4.78 is 1.89. The second-order valence-electron chi connectivity index (χ2n) is 4.13. The first-order valence-electron chi connectivity index (χ1n) is 5.41. The molecule has 1 heterocycles. The first kappa shape index (κ1) is 11.4. The highest BCUT2D eigenvalue weighted by molar-refractivity contribution is 8.00. The van der Waals surface area contributed by atoms with E-state index in [4.69, 9.17) is 0 Å². The van der Waals surface area contributed by atoms with Gasteiger partial charge in [-0.25, -0.2) is 0 Å². The van der Waals surface area contributed by atoms with Crippen molar-refractivity contribution in [1.82, 2.24) is 20.1 Å². The van der Waals surface area contributed by atoms with Gasteiger partial charge < -0.3 is 9.88 Å². The highest BCUT2D eigenvalue weighted by Crippen LogP contribution is 2.23. The molecule has 0 saturated heterocycles. The Bertz CT molecular complexity index is 400. The summed E-state index contributed by atoms with van der Waals surface area (Å²) in [5, 5.41) is 11.6. The average molecular weight is 240 g/mol. The van der Waals surface area contributed by atoms with Gasteiger partial charge in [-0.3, -0.25) is 4.79 Å². The van der Waals surface area contributed by atoms with Crippen LogP contribution in [0.5, 0.6) is 0 Å². The van der Waals surface area contributed by atoms with Gasteiger partial charge in [0.1, 0.15) is 5.82 Å². The minimum Gasteiger partial charge on any atom is -0.352 e. The summed E-state index contributed by atoms with van der Waals surface area (Å²) in [6.07, 6.45) is 2.23. The SMILES string of the molecule is Cc1nnc(S[C@H](C)C(=O)NC2CC2)n1C. The van der Waals surface area contributed by atoms with Crippen LogP contribution >= 0.6 is 11.8 Å². The van der Waals surface area contributed by atoms with Crippen molar-refractivity contribution in [3.8, 4) is 0 Å². The molecule has 1 aliphatic carbocycles. The Balaban J connectivity index is 1.92. The second-order valence-corrected chi connectivity index (χ2v) is 5.44. The van der Waals surface area contributed by atoms with Crippen LogP contribution in [-0.2, 0) is 11.8 Å². The maximum atomic E-state index is 11.7. The van der Waals surface area contributed by atoms with Gasteiger partial charge in [0.25, 0.3) is 0 Å². The van der Waals surface area contributed by atoms with Gasteiger partial charge in [-0.1, -0.05) is 11.8 Å². The summed E-state index contributed by atoms with van der Waals surface area (Å²) in [6.45, 7) is 3.79. The molecular weight excluding hydrogens is 224 g/mol. The highest BCUT2D eigenvalue weighted by Gasteiger charge is 2.26. The predicted molar refractivity (Wildman–Crippen MR) is 62.2 cm³/mol. The Morgan fingerprint density at radius 2 is 2.25 bits per heavy atom. The van der Waals surface area contributed by atoms with E-state index in [1.807, 2.05) is 25.5 Å². The molecule has 0 bridgehead atoms. The Hall–Kier alpha value is -1.04. The summed E-state index contributed by atoms with van der Waals surface area (Å²) >= 11 is 1.45. The number of carbonyl (C=O) groups is 1. The van der Waals surface area contributed by atoms with Crippen molar-refractivity contribution in [2.24, 2.45) is 7.05 Å². The van der Waals surface area contributed by atoms with Crippen molar-refractivity contribution >= 4 is 17.7 Å². The van der Waals surface area contributed by atoms with Gasteiger partial charge in [-0.15, -0.1) is 10.2 Å². The van der Waals surface area contributed by atoms with Crippen LogP contribution in [0.2, 0.25) is 0 Å². The van der Waals surface area contributed by atoms with Crippen LogP contribution in [0.3, 0.4) is 0 Å². The molecule has 1 atom stereocenters. The molecule has 88 valence electrons. The van der Waals surface area contributed by atoms with Crippen LogP contribution in [0, 0.1) is 6.92 Å². The van der Waals surface area contributed by atoms with Crippen molar-refractivity contribution in [3.05, 3.63) is 5.82 Å². The van der Waals surface area contributed by atoms with E-state index in [1.54, 1.807) is 0 Å². The predicted octanol–water partition coefficient (Wildman–Crippen LogP) is 0.883. The van der Waals surface area contributed by atoms with Crippen LogP contribution in [0.25, 0.3) is 0 Å². The number of nitrogens with one attached hydrogen (secondary N) is 1. The van der Waals surface area contributed by atoms with Gasteiger partial charge >= 0.3 is 0 Å². The van der Waals surface area contributed by atoms with Crippen LogP contribution in [0.4, 0.5) is 0 Å². The first-order chi connectivity index (χ1) is 7.58. The van der Waals surface area contributed by atoms with Gasteiger partial charge in [-0.05, 0) is 26.7 Å². The lowest BCUT2D eigenvalue weighted by Gasteiger charge is -2.10. The molecule has 1 aromatic rings. The van der Waals surface area contributed by atoms with Gasteiger partial charge in [-0.2, -0.15) is 0 Å². The van der Waals surface area contributed by atoms with E-state index in [0.29, 0.717) is 6.04 Å². The van der Waals surface area contributed by atoms with Crippen molar-refractivity contribution < 1.29 is 4.79 Å². The lowest BCUT2D eigenvalue weighted by Crippen LogP contribution is -2.32. The molecule has 1 amide bonds. The number of nitrogens with zero attached hydrogens (tertiary/aromatic N) is 3. The third kappa shape index (κ3) is 2.55. The van der Waals surface area contributed by atoms with Crippen LogP contribution in [0.15, 0.2) is 5.16 Å². The zero-order valence-electron chi connectivity index (χ0n) is 9.73. The molecular formula is C10H16N4OS. The van der Waals surface area contributed by atoms with E-state index in [1.165, 1.54) is 11.8 Å². The molecule has 1 saturated carbocycles. The highest BCUT2D eigenvalue weighted by atomic mass is 32.2. The normalized spacial score (nSPS) is 17.2. The molecule has 16 heavy (non-hydrogen) atoms. The number of hydrogen-bond donors (Lipinski definition) is 1. The smallest absolute Gasteiger partial charge is 0.233 e. The largest absolute Gasteiger partial charge is 0.352 e. The third-order valence-corrected chi connectivity index (χ3v) is 3.76. The number of amides is 1. The fourth-order valence-electron chi connectivity index (χ4n) is 1.25. The molecule has 5 nitrogen and oxygen atoms in total. The summed E-state index contributed by atoms with van der Waals surface area (Å²) in [7, 11) is 1.91. The fraction of sp³-hybridized carbons (Fsp3) is 0.700. The zero-order valence-corrected chi connectivity index (χ0v) is 10.5. The van der Waals surface area contributed by atoms with Gasteiger partial charge in [0.05, 0.1) is 5.25 Å². The minimum absolute atomic E-state index is 0.0909. The summed E-state index contributed by atoms with van der Waals surface area (Å²) in [4.78, 5) is 11.7. The second kappa shape index (κ2) is 4.45. The molecule has 1 aliphatic rings. The lowest BCUT2D eigenvalue weighted by atomic mass is 10.4. The van der Waals surface area contributed by atoms with E-state index in [-0.39, 0.29) is 11.2 Å². The van der Waals surface area contributed by atoms with Gasteiger partial charge in [0.15, 0.2) is 5.16 Å². The Morgan fingerprint density at radius 3 is 2.75 bits per heavy atom. The lowest BCUT2D eigenvalue weighted by molar-refractivity contribution is -0.120. The first-order valence-corrected chi connectivity index (χ1v) is 6.29. The quantitative estimate of drug-likeness (QED) is 0.794. The number of aryl methyl sites for hydroxylation is 1. The van der Waals surface area contributed by atoms with E-state index >= 15 is 0 Å². The zero-order chi connectivity index (χ0) is 11.7. The molecule has 2 rings (SSSR count). The molecule has 0 unspecified atom stereocenters. The summed E-state index contributed by atoms with van der Waals surface area (Å²) in [6, 6.07) is 0.414. The maximum absolute atomic E-state index is 11.7. The van der Waals surface area contributed by atoms with Crippen molar-refractivity contribution in [2.75, 3.05) is 0 Å². The summed E-state index contributed by atoms with van der Waals surface area (Å²) in [5.74, 6) is 0.949. The molecule has 0 aliphatic heterocycles. The van der Waals surface area contributed by atoms with Crippen LogP contribution in [0.1, 0.15) is 25.6 Å². The molecule has 0 radical (unpaired) electrons. The number of rotatable bonds is 4. The van der Waals surface area contributed by atoms with Crippen molar-refractivity contribution in [1.29, 1.82) is 0 Å². The molecule has 1 aromatic heterocycles. The third-order valence-electron chi connectivity index (χ3n) is 2.63.